The molecule has 0 fully saturated rings. The van der Waals surface area contributed by atoms with Gasteiger partial charge in [-0.25, -0.2) is 0 Å². The highest BCUT2D eigenvalue weighted by Gasteiger charge is 2.27. The summed E-state index contributed by atoms with van der Waals surface area (Å²) < 4.78 is 45.9. The number of benzene rings is 1. The lowest BCUT2D eigenvalue weighted by Gasteiger charge is -2.11. The molecule has 0 atom stereocenters. The van der Waals surface area contributed by atoms with Crippen LogP contribution in [-0.4, -0.2) is 25.8 Å². The molecule has 1 aromatic heterocycles. The molecule has 8 heteroatoms. The zero-order chi connectivity index (χ0) is 18.1. The molecule has 0 spiro atoms. The summed E-state index contributed by atoms with van der Waals surface area (Å²) in [5, 5.41) is 6.26. The van der Waals surface area contributed by atoms with Crippen LogP contribution in [0.25, 0.3) is 0 Å². The second-order valence-electron chi connectivity index (χ2n) is 5.28. The van der Waals surface area contributed by atoms with Gasteiger partial charge in [-0.1, -0.05) is 24.3 Å². The van der Waals surface area contributed by atoms with Gasteiger partial charge in [-0.15, -0.1) is 0 Å². The summed E-state index contributed by atoms with van der Waals surface area (Å²) in [5.41, 5.74) is 1.66. The maximum atomic E-state index is 12.0. The maximum absolute atomic E-state index is 12.0. The van der Waals surface area contributed by atoms with Crippen molar-refractivity contribution in [1.82, 2.24) is 10.6 Å². The SMILES string of the molecule is CN=C(NCc1ccc(COCC(F)(F)F)cc1)NCc1ccco1. The average molecular weight is 355 g/mol. The van der Waals surface area contributed by atoms with E-state index in [1.807, 2.05) is 24.3 Å². The number of furan rings is 1. The highest BCUT2D eigenvalue weighted by Crippen LogP contribution is 2.15. The van der Waals surface area contributed by atoms with E-state index in [0.29, 0.717) is 24.6 Å². The van der Waals surface area contributed by atoms with E-state index in [1.54, 1.807) is 25.4 Å². The summed E-state index contributed by atoms with van der Waals surface area (Å²) in [6.45, 7) is -0.267. The summed E-state index contributed by atoms with van der Waals surface area (Å²) in [5.74, 6) is 1.42. The van der Waals surface area contributed by atoms with Gasteiger partial charge in [0.25, 0.3) is 0 Å². The van der Waals surface area contributed by atoms with Crippen LogP contribution in [0.15, 0.2) is 52.1 Å². The molecule has 5 nitrogen and oxygen atoms in total. The minimum Gasteiger partial charge on any atom is -0.467 e. The van der Waals surface area contributed by atoms with Crippen molar-refractivity contribution in [3.8, 4) is 0 Å². The second-order valence-corrected chi connectivity index (χ2v) is 5.28. The molecule has 25 heavy (non-hydrogen) atoms. The molecule has 0 saturated heterocycles. The van der Waals surface area contributed by atoms with Crippen LogP contribution >= 0.6 is 0 Å². The van der Waals surface area contributed by atoms with Gasteiger partial charge in [-0.05, 0) is 23.3 Å². The Kier molecular flexibility index (Phi) is 6.88. The molecule has 0 saturated carbocycles. The first-order valence-electron chi connectivity index (χ1n) is 7.65. The van der Waals surface area contributed by atoms with Crippen LogP contribution in [-0.2, 0) is 24.4 Å². The number of guanidine groups is 1. The van der Waals surface area contributed by atoms with Crippen molar-refractivity contribution < 1.29 is 22.3 Å². The van der Waals surface area contributed by atoms with Crippen molar-refractivity contribution in [2.24, 2.45) is 4.99 Å². The Morgan fingerprint density at radius 2 is 1.76 bits per heavy atom. The molecule has 2 aromatic rings. The third-order valence-electron chi connectivity index (χ3n) is 3.25. The first-order valence-corrected chi connectivity index (χ1v) is 7.65. The van der Waals surface area contributed by atoms with Crippen LogP contribution in [0, 0.1) is 0 Å². The summed E-state index contributed by atoms with van der Waals surface area (Å²) in [4.78, 5) is 4.11. The molecule has 0 aliphatic heterocycles. The van der Waals surface area contributed by atoms with Gasteiger partial charge in [0.2, 0.25) is 0 Å². The third-order valence-corrected chi connectivity index (χ3v) is 3.25. The van der Waals surface area contributed by atoms with Gasteiger partial charge in [0.05, 0.1) is 19.4 Å². The van der Waals surface area contributed by atoms with Crippen LogP contribution in [0.2, 0.25) is 0 Å². The number of nitrogens with zero attached hydrogens (tertiary/aromatic N) is 1. The van der Waals surface area contributed by atoms with Crippen LogP contribution in [0.5, 0.6) is 0 Å². The molecule has 0 aliphatic rings. The predicted octanol–water partition coefficient (Wildman–Crippen LogP) is 3.22. The maximum Gasteiger partial charge on any atom is 0.411 e. The van der Waals surface area contributed by atoms with Gasteiger partial charge in [0.1, 0.15) is 12.4 Å². The number of nitrogens with one attached hydrogen (secondary N) is 2. The Morgan fingerprint density at radius 3 is 2.36 bits per heavy atom. The minimum absolute atomic E-state index is 0.0699. The van der Waals surface area contributed by atoms with Gasteiger partial charge in [0.15, 0.2) is 5.96 Å². The minimum atomic E-state index is -4.30. The van der Waals surface area contributed by atoms with E-state index in [1.165, 1.54) is 0 Å². The van der Waals surface area contributed by atoms with Gasteiger partial charge in [-0.3, -0.25) is 4.99 Å². The van der Waals surface area contributed by atoms with Crippen molar-refractivity contribution in [2.75, 3.05) is 13.7 Å². The van der Waals surface area contributed by atoms with Gasteiger partial charge < -0.3 is 19.8 Å². The van der Waals surface area contributed by atoms with Crippen molar-refractivity contribution in [1.29, 1.82) is 0 Å². The highest BCUT2D eigenvalue weighted by molar-refractivity contribution is 5.79. The van der Waals surface area contributed by atoms with E-state index in [-0.39, 0.29) is 6.61 Å². The topological polar surface area (TPSA) is 58.8 Å². The largest absolute Gasteiger partial charge is 0.467 e. The zero-order valence-corrected chi connectivity index (χ0v) is 13.8. The van der Waals surface area contributed by atoms with Gasteiger partial charge in [-0.2, -0.15) is 13.2 Å². The smallest absolute Gasteiger partial charge is 0.411 e. The molecular weight excluding hydrogens is 335 g/mol. The van der Waals surface area contributed by atoms with Crippen molar-refractivity contribution in [2.45, 2.75) is 25.9 Å². The molecule has 136 valence electrons. The van der Waals surface area contributed by atoms with Crippen molar-refractivity contribution >= 4 is 5.96 Å². The van der Waals surface area contributed by atoms with Gasteiger partial charge in [0, 0.05) is 13.6 Å². The zero-order valence-electron chi connectivity index (χ0n) is 13.8. The van der Waals surface area contributed by atoms with Crippen LogP contribution < -0.4 is 10.6 Å². The second kappa shape index (κ2) is 9.12. The lowest BCUT2D eigenvalue weighted by Crippen LogP contribution is -2.36. The summed E-state index contributed by atoms with van der Waals surface area (Å²) in [7, 11) is 1.67. The fraction of sp³-hybridized carbons (Fsp3) is 0.353. The van der Waals surface area contributed by atoms with Crippen molar-refractivity contribution in [3.63, 3.8) is 0 Å². The molecule has 0 bridgehead atoms. The average Bonchev–Trinajstić information content (AvgIpc) is 3.08. The van der Waals surface area contributed by atoms with Gasteiger partial charge >= 0.3 is 6.18 Å². The quantitative estimate of drug-likeness (QED) is 0.591. The summed E-state index contributed by atoms with van der Waals surface area (Å²) in [6.07, 6.45) is -2.70. The van der Waals surface area contributed by atoms with E-state index >= 15 is 0 Å². The predicted molar refractivity (Wildman–Crippen MR) is 87.9 cm³/mol. The first kappa shape index (κ1) is 18.9. The first-order chi connectivity index (χ1) is 12.0. The fourth-order valence-electron chi connectivity index (χ4n) is 2.03. The Hall–Kier alpha value is -2.48. The lowest BCUT2D eigenvalue weighted by atomic mass is 10.1. The van der Waals surface area contributed by atoms with E-state index in [2.05, 4.69) is 20.4 Å². The number of hydrogen-bond donors (Lipinski definition) is 2. The third kappa shape index (κ3) is 7.30. The van der Waals surface area contributed by atoms with Crippen LogP contribution in [0.3, 0.4) is 0 Å². The van der Waals surface area contributed by atoms with E-state index < -0.39 is 12.8 Å². The standard InChI is InChI=1S/C17H20F3N3O2/c1-21-16(23-10-15-3-2-8-25-15)22-9-13-4-6-14(7-5-13)11-24-12-17(18,19)20/h2-8H,9-12H2,1H3,(H2,21,22,23). The van der Waals surface area contributed by atoms with E-state index in [4.69, 9.17) is 4.42 Å². The lowest BCUT2D eigenvalue weighted by molar-refractivity contribution is -0.176. The van der Waals surface area contributed by atoms with E-state index in [9.17, 15) is 13.2 Å². The number of halogens is 3. The Labute approximate surface area is 143 Å². The molecule has 2 N–H and O–H groups in total. The Bertz CT molecular complexity index is 653. The summed E-state index contributed by atoms with van der Waals surface area (Å²) >= 11 is 0. The molecule has 1 heterocycles. The molecule has 0 amide bonds. The molecule has 1 aromatic carbocycles. The molecule has 2 rings (SSSR count). The molecule has 0 aliphatic carbocycles. The highest BCUT2D eigenvalue weighted by atomic mass is 19.4. The fourth-order valence-corrected chi connectivity index (χ4v) is 2.03. The normalized spacial score (nSPS) is 12.2. The molecular formula is C17H20F3N3O2. The van der Waals surface area contributed by atoms with Crippen LogP contribution in [0.4, 0.5) is 13.2 Å². The number of aliphatic imine (C=N–C) groups is 1. The summed E-state index contributed by atoms with van der Waals surface area (Å²) in [6, 6.07) is 10.8. The van der Waals surface area contributed by atoms with Crippen LogP contribution in [0.1, 0.15) is 16.9 Å². The number of hydrogen-bond acceptors (Lipinski definition) is 3. The number of ether oxygens (including phenoxy) is 1. The number of alkyl halides is 3. The Morgan fingerprint density at radius 1 is 1.08 bits per heavy atom. The van der Waals surface area contributed by atoms with Crippen molar-refractivity contribution in [3.05, 3.63) is 59.5 Å². The Balaban J connectivity index is 1.74. The van der Waals surface area contributed by atoms with E-state index in [0.717, 1.165) is 11.3 Å². The molecule has 0 radical (unpaired) electrons. The molecule has 0 unspecified atom stereocenters. The monoisotopic (exact) mass is 355 g/mol. The number of rotatable bonds is 7.